The first-order chi connectivity index (χ1) is 8.20. The first-order valence-electron chi connectivity index (χ1n) is 6.09. The van der Waals surface area contributed by atoms with E-state index in [4.69, 9.17) is 16.2 Å². The van der Waals surface area contributed by atoms with Crippen molar-refractivity contribution in [2.45, 2.75) is 39.7 Å². The van der Waals surface area contributed by atoms with Crippen LogP contribution in [0.15, 0.2) is 0 Å². The Kier molecular flexibility index (Phi) is 7.54. The first-order valence-corrected chi connectivity index (χ1v) is 6.09. The zero-order chi connectivity index (χ0) is 14.2. The number of amides is 2. The van der Waals surface area contributed by atoms with Crippen LogP contribution < -0.4 is 16.8 Å². The number of hydrogen-bond acceptors (Lipinski definition) is 4. The van der Waals surface area contributed by atoms with Crippen LogP contribution in [0.2, 0.25) is 0 Å². The maximum atomic E-state index is 11.5. The molecule has 18 heavy (non-hydrogen) atoms. The van der Waals surface area contributed by atoms with Crippen LogP contribution in [0.4, 0.5) is 0 Å². The van der Waals surface area contributed by atoms with Gasteiger partial charge < -0.3 is 21.5 Å². The molecule has 0 aliphatic heterocycles. The average molecular weight is 259 g/mol. The Labute approximate surface area is 108 Å². The number of carbonyl (C=O) groups excluding carboxylic acids is 2. The van der Waals surface area contributed by atoms with Crippen molar-refractivity contribution in [3.63, 3.8) is 0 Å². The number of carbonyl (C=O) groups is 2. The van der Waals surface area contributed by atoms with Gasteiger partial charge in [-0.3, -0.25) is 9.59 Å². The molecule has 6 nitrogen and oxygen atoms in total. The lowest BCUT2D eigenvalue weighted by atomic mass is 9.87. The van der Waals surface area contributed by atoms with Crippen molar-refractivity contribution in [2.24, 2.45) is 16.9 Å². The summed E-state index contributed by atoms with van der Waals surface area (Å²) in [5.74, 6) is -0.622. The number of hydrogen-bond donors (Lipinski definition) is 3. The molecule has 5 N–H and O–H groups in total. The second-order valence-corrected chi connectivity index (χ2v) is 5.60. The topological polar surface area (TPSA) is 107 Å². The molecule has 0 fully saturated rings. The van der Waals surface area contributed by atoms with E-state index in [2.05, 4.69) is 26.1 Å². The molecular weight excluding hydrogens is 234 g/mol. The van der Waals surface area contributed by atoms with E-state index in [1.54, 1.807) is 0 Å². The number of rotatable bonds is 8. The summed E-state index contributed by atoms with van der Waals surface area (Å²) in [5.41, 5.74) is 10.9. The average Bonchev–Trinajstić information content (AvgIpc) is 2.12. The molecule has 0 saturated carbocycles. The van der Waals surface area contributed by atoms with Gasteiger partial charge in [-0.2, -0.15) is 0 Å². The lowest BCUT2D eigenvalue weighted by Crippen LogP contribution is -2.35. The highest BCUT2D eigenvalue weighted by Gasteiger charge is 2.17. The van der Waals surface area contributed by atoms with E-state index >= 15 is 0 Å². The van der Waals surface area contributed by atoms with Gasteiger partial charge in [-0.15, -0.1) is 0 Å². The molecule has 2 amide bonds. The molecular formula is C12H25N3O3. The number of nitrogens with one attached hydrogen (secondary N) is 1. The van der Waals surface area contributed by atoms with Crippen molar-refractivity contribution in [3.05, 3.63) is 0 Å². The third-order valence-electron chi connectivity index (χ3n) is 2.14. The minimum absolute atomic E-state index is 0.102. The van der Waals surface area contributed by atoms with Gasteiger partial charge in [0.2, 0.25) is 11.8 Å². The minimum Gasteiger partial charge on any atom is -0.370 e. The van der Waals surface area contributed by atoms with Gasteiger partial charge in [0.15, 0.2) is 0 Å². The quantitative estimate of drug-likeness (QED) is 0.523. The van der Waals surface area contributed by atoms with E-state index in [0.29, 0.717) is 13.0 Å². The van der Waals surface area contributed by atoms with E-state index in [0.717, 1.165) is 6.42 Å². The number of nitrogens with two attached hydrogens (primary N) is 2. The Bertz CT molecular complexity index is 274. The SMILES string of the molecule is CC(C)(C)CC(N)CC(=O)NCCOCC(N)=O. The largest absolute Gasteiger partial charge is 0.370 e. The number of primary amides is 1. The van der Waals surface area contributed by atoms with Crippen LogP contribution >= 0.6 is 0 Å². The summed E-state index contributed by atoms with van der Waals surface area (Å²) in [7, 11) is 0. The summed E-state index contributed by atoms with van der Waals surface area (Å²) in [4.78, 5) is 21.9. The molecule has 0 saturated heterocycles. The van der Waals surface area contributed by atoms with Crippen LogP contribution in [0.5, 0.6) is 0 Å². The molecule has 6 heteroatoms. The van der Waals surface area contributed by atoms with Gasteiger partial charge in [-0.25, -0.2) is 0 Å². The molecule has 0 aliphatic carbocycles. The summed E-state index contributed by atoms with van der Waals surface area (Å²) in [6.45, 7) is 6.75. The molecule has 0 aromatic rings. The Hall–Kier alpha value is -1.14. The molecule has 0 bridgehead atoms. The zero-order valence-corrected chi connectivity index (χ0v) is 11.5. The summed E-state index contributed by atoms with van der Waals surface area (Å²) < 4.78 is 4.91. The lowest BCUT2D eigenvalue weighted by Gasteiger charge is -2.22. The van der Waals surface area contributed by atoms with Crippen LogP contribution in [0, 0.1) is 5.41 Å². The second-order valence-electron chi connectivity index (χ2n) is 5.60. The fourth-order valence-electron chi connectivity index (χ4n) is 1.60. The van der Waals surface area contributed by atoms with Gasteiger partial charge in [0.1, 0.15) is 6.61 Å². The summed E-state index contributed by atoms with van der Waals surface area (Å²) >= 11 is 0. The fraction of sp³-hybridized carbons (Fsp3) is 0.833. The maximum Gasteiger partial charge on any atom is 0.243 e. The predicted molar refractivity (Wildman–Crippen MR) is 69.7 cm³/mol. The maximum absolute atomic E-state index is 11.5. The van der Waals surface area contributed by atoms with E-state index in [1.165, 1.54) is 0 Å². The third kappa shape index (κ3) is 11.3. The molecule has 0 heterocycles. The van der Waals surface area contributed by atoms with Gasteiger partial charge in [-0.05, 0) is 11.8 Å². The highest BCUT2D eigenvalue weighted by Crippen LogP contribution is 2.20. The number of ether oxygens (including phenoxy) is 1. The van der Waals surface area contributed by atoms with Gasteiger partial charge >= 0.3 is 0 Å². The van der Waals surface area contributed by atoms with Crippen molar-refractivity contribution >= 4 is 11.8 Å². The zero-order valence-electron chi connectivity index (χ0n) is 11.5. The van der Waals surface area contributed by atoms with Gasteiger partial charge in [0.25, 0.3) is 0 Å². The standard InChI is InChI=1S/C12H25N3O3/c1-12(2,3)7-9(13)6-11(17)15-4-5-18-8-10(14)16/h9H,4-8,13H2,1-3H3,(H2,14,16)(H,15,17). The first kappa shape index (κ1) is 16.9. The van der Waals surface area contributed by atoms with Crippen LogP contribution in [-0.2, 0) is 14.3 Å². The lowest BCUT2D eigenvalue weighted by molar-refractivity contribution is -0.122. The van der Waals surface area contributed by atoms with Crippen LogP contribution in [0.25, 0.3) is 0 Å². The van der Waals surface area contributed by atoms with Gasteiger partial charge in [0.05, 0.1) is 6.61 Å². The van der Waals surface area contributed by atoms with Gasteiger partial charge in [-0.1, -0.05) is 20.8 Å². The molecule has 0 aliphatic rings. The highest BCUT2D eigenvalue weighted by molar-refractivity contribution is 5.76. The molecule has 0 rings (SSSR count). The summed E-state index contributed by atoms with van der Waals surface area (Å²) in [6.07, 6.45) is 1.09. The van der Waals surface area contributed by atoms with E-state index in [1.807, 2.05) is 0 Å². The predicted octanol–water partition coefficient (Wildman–Crippen LogP) is -0.242. The molecule has 0 radical (unpaired) electrons. The van der Waals surface area contributed by atoms with Crippen molar-refractivity contribution in [3.8, 4) is 0 Å². The summed E-state index contributed by atoms with van der Waals surface area (Å²) in [5, 5.41) is 2.68. The summed E-state index contributed by atoms with van der Waals surface area (Å²) in [6, 6.07) is -0.142. The molecule has 0 aromatic heterocycles. The van der Waals surface area contributed by atoms with E-state index in [-0.39, 0.29) is 30.6 Å². The van der Waals surface area contributed by atoms with Crippen LogP contribution in [0.3, 0.4) is 0 Å². The normalized spacial score (nSPS) is 13.1. The minimum atomic E-state index is -0.520. The molecule has 1 unspecified atom stereocenters. The Balaban J connectivity index is 3.62. The molecule has 0 spiro atoms. The fourth-order valence-corrected chi connectivity index (χ4v) is 1.60. The molecule has 1 atom stereocenters. The third-order valence-corrected chi connectivity index (χ3v) is 2.14. The monoisotopic (exact) mass is 259 g/mol. The van der Waals surface area contributed by atoms with Crippen LogP contribution in [-0.4, -0.2) is 37.6 Å². The Morgan fingerprint density at radius 1 is 1.33 bits per heavy atom. The van der Waals surface area contributed by atoms with E-state index < -0.39 is 5.91 Å². The van der Waals surface area contributed by atoms with Crippen molar-refractivity contribution in [1.82, 2.24) is 5.32 Å². The van der Waals surface area contributed by atoms with Crippen molar-refractivity contribution in [1.29, 1.82) is 0 Å². The highest BCUT2D eigenvalue weighted by atomic mass is 16.5. The molecule has 106 valence electrons. The Morgan fingerprint density at radius 2 is 1.94 bits per heavy atom. The van der Waals surface area contributed by atoms with Gasteiger partial charge in [0, 0.05) is 19.0 Å². The van der Waals surface area contributed by atoms with Crippen LogP contribution in [0.1, 0.15) is 33.6 Å². The second kappa shape index (κ2) is 8.05. The van der Waals surface area contributed by atoms with Crippen molar-refractivity contribution < 1.29 is 14.3 Å². The van der Waals surface area contributed by atoms with E-state index in [9.17, 15) is 9.59 Å². The molecule has 0 aromatic carbocycles. The Morgan fingerprint density at radius 3 is 2.44 bits per heavy atom. The smallest absolute Gasteiger partial charge is 0.243 e. The van der Waals surface area contributed by atoms with Crippen molar-refractivity contribution in [2.75, 3.05) is 19.8 Å².